The first-order valence-electron chi connectivity index (χ1n) is 6.06. The summed E-state index contributed by atoms with van der Waals surface area (Å²) < 4.78 is 5.06. The van der Waals surface area contributed by atoms with Crippen LogP contribution < -0.4 is 10.2 Å². The molecule has 98 valence electrons. The van der Waals surface area contributed by atoms with Crippen LogP contribution >= 0.6 is 11.3 Å². The third-order valence-electron chi connectivity index (χ3n) is 2.61. The largest absolute Gasteiger partial charge is 0.385 e. The van der Waals surface area contributed by atoms with Crippen LogP contribution in [0, 0.1) is 0 Å². The lowest BCUT2D eigenvalue weighted by Gasteiger charge is -2.14. The van der Waals surface area contributed by atoms with E-state index in [4.69, 9.17) is 4.74 Å². The fourth-order valence-electron chi connectivity index (χ4n) is 1.65. The van der Waals surface area contributed by atoms with Crippen LogP contribution in [0.4, 0.5) is 5.13 Å². The molecule has 0 aliphatic rings. The van der Waals surface area contributed by atoms with Crippen molar-refractivity contribution in [3.8, 4) is 0 Å². The first kappa shape index (κ1) is 14.4. The predicted octanol–water partition coefficient (Wildman–Crippen LogP) is 1.90. The third kappa shape index (κ3) is 4.26. The van der Waals surface area contributed by atoms with Crippen molar-refractivity contribution in [3.63, 3.8) is 0 Å². The number of thiazole rings is 1. The Bertz CT molecular complexity index is 328. The number of ether oxygens (including phenoxy) is 1. The van der Waals surface area contributed by atoms with Crippen LogP contribution in [0.2, 0.25) is 0 Å². The smallest absolute Gasteiger partial charge is 0.185 e. The van der Waals surface area contributed by atoms with E-state index >= 15 is 0 Å². The Balaban J connectivity index is 2.63. The quantitative estimate of drug-likeness (QED) is 0.722. The Hall–Kier alpha value is -0.650. The van der Waals surface area contributed by atoms with Crippen LogP contribution in [0.1, 0.15) is 23.9 Å². The van der Waals surface area contributed by atoms with Crippen molar-refractivity contribution in [2.24, 2.45) is 0 Å². The number of aryl methyl sites for hydroxylation is 1. The molecule has 1 aromatic heterocycles. The minimum absolute atomic E-state index is 0.805. The van der Waals surface area contributed by atoms with Gasteiger partial charge in [-0.2, -0.15) is 0 Å². The normalized spacial score (nSPS) is 10.8. The maximum Gasteiger partial charge on any atom is 0.185 e. The van der Waals surface area contributed by atoms with Crippen LogP contribution in [0.5, 0.6) is 0 Å². The summed E-state index contributed by atoms with van der Waals surface area (Å²) in [7, 11) is 5.81. The molecule has 0 aromatic carbocycles. The number of aromatic nitrogens is 1. The first-order chi connectivity index (χ1) is 8.22. The SMILES string of the molecule is CCc1nc(N(C)CCCOC)sc1CNC. The summed E-state index contributed by atoms with van der Waals surface area (Å²) in [4.78, 5) is 8.25. The predicted molar refractivity (Wildman–Crippen MR) is 74.0 cm³/mol. The zero-order valence-corrected chi connectivity index (χ0v) is 12.1. The summed E-state index contributed by atoms with van der Waals surface area (Å²) in [5.41, 5.74) is 1.22. The summed E-state index contributed by atoms with van der Waals surface area (Å²) in [6.45, 7) is 4.86. The van der Waals surface area contributed by atoms with E-state index in [1.807, 2.05) is 7.05 Å². The highest BCUT2D eigenvalue weighted by Gasteiger charge is 2.11. The summed E-state index contributed by atoms with van der Waals surface area (Å²) in [5, 5.41) is 4.31. The minimum atomic E-state index is 0.805. The molecular weight excluding hydrogens is 234 g/mol. The van der Waals surface area contributed by atoms with Gasteiger partial charge in [0.25, 0.3) is 0 Å². The Morgan fingerprint density at radius 2 is 2.24 bits per heavy atom. The zero-order chi connectivity index (χ0) is 12.7. The van der Waals surface area contributed by atoms with Crippen molar-refractivity contribution in [3.05, 3.63) is 10.6 Å². The molecule has 0 spiro atoms. The molecule has 0 saturated carbocycles. The van der Waals surface area contributed by atoms with E-state index in [-0.39, 0.29) is 0 Å². The fraction of sp³-hybridized carbons (Fsp3) is 0.750. The maximum atomic E-state index is 5.06. The molecule has 0 aliphatic heterocycles. The van der Waals surface area contributed by atoms with Crippen molar-refractivity contribution in [2.45, 2.75) is 26.3 Å². The molecule has 0 radical (unpaired) electrons. The molecule has 0 atom stereocenters. The highest BCUT2D eigenvalue weighted by Crippen LogP contribution is 2.26. The van der Waals surface area contributed by atoms with Gasteiger partial charge in [-0.3, -0.25) is 0 Å². The summed E-state index contributed by atoms with van der Waals surface area (Å²) in [5.74, 6) is 0. The van der Waals surface area contributed by atoms with E-state index in [2.05, 4.69) is 29.2 Å². The molecular formula is C12H23N3OS. The lowest BCUT2D eigenvalue weighted by molar-refractivity contribution is 0.196. The van der Waals surface area contributed by atoms with E-state index in [0.717, 1.165) is 37.7 Å². The molecule has 1 N–H and O–H groups in total. The number of hydrogen-bond donors (Lipinski definition) is 1. The number of rotatable bonds is 8. The number of hydrogen-bond acceptors (Lipinski definition) is 5. The number of nitrogens with one attached hydrogen (secondary N) is 1. The van der Waals surface area contributed by atoms with Gasteiger partial charge >= 0.3 is 0 Å². The van der Waals surface area contributed by atoms with Crippen molar-refractivity contribution in [1.82, 2.24) is 10.3 Å². The highest BCUT2D eigenvalue weighted by atomic mass is 32.1. The average Bonchev–Trinajstić information content (AvgIpc) is 2.73. The van der Waals surface area contributed by atoms with Crippen LogP contribution in [0.25, 0.3) is 0 Å². The molecule has 17 heavy (non-hydrogen) atoms. The van der Waals surface area contributed by atoms with E-state index in [1.165, 1.54) is 10.6 Å². The Morgan fingerprint density at radius 3 is 2.82 bits per heavy atom. The van der Waals surface area contributed by atoms with Gasteiger partial charge < -0.3 is 15.0 Å². The van der Waals surface area contributed by atoms with E-state index < -0.39 is 0 Å². The van der Waals surface area contributed by atoms with Gasteiger partial charge in [-0.05, 0) is 19.9 Å². The van der Waals surface area contributed by atoms with Gasteiger partial charge in [0, 0.05) is 38.7 Å². The molecule has 1 heterocycles. The van der Waals surface area contributed by atoms with Crippen molar-refractivity contribution >= 4 is 16.5 Å². The van der Waals surface area contributed by atoms with Crippen molar-refractivity contribution < 1.29 is 4.74 Å². The van der Waals surface area contributed by atoms with Gasteiger partial charge in [-0.25, -0.2) is 4.98 Å². The van der Waals surface area contributed by atoms with Crippen molar-refractivity contribution in [1.29, 1.82) is 0 Å². The average molecular weight is 257 g/mol. The Labute approximate surface area is 108 Å². The standard InChI is InChI=1S/C12H23N3OS/c1-5-10-11(9-13-2)17-12(14-10)15(3)7-6-8-16-4/h13H,5-9H2,1-4H3. The van der Waals surface area contributed by atoms with Crippen molar-refractivity contribution in [2.75, 3.05) is 39.3 Å². The Kier molecular flexibility index (Phi) is 6.47. The van der Waals surface area contributed by atoms with Gasteiger partial charge in [-0.1, -0.05) is 6.92 Å². The van der Waals surface area contributed by atoms with Gasteiger partial charge in [0.1, 0.15) is 0 Å². The second-order valence-electron chi connectivity index (χ2n) is 4.02. The number of anilines is 1. The highest BCUT2D eigenvalue weighted by molar-refractivity contribution is 7.15. The summed E-state index contributed by atoms with van der Waals surface area (Å²) in [6.07, 6.45) is 2.04. The Morgan fingerprint density at radius 1 is 1.47 bits per heavy atom. The van der Waals surface area contributed by atoms with Gasteiger partial charge in [0.15, 0.2) is 5.13 Å². The van der Waals surface area contributed by atoms with E-state index in [9.17, 15) is 0 Å². The van der Waals surface area contributed by atoms with Crippen LogP contribution in [0.15, 0.2) is 0 Å². The van der Waals surface area contributed by atoms with E-state index in [1.54, 1.807) is 18.4 Å². The molecule has 1 aromatic rings. The molecule has 5 heteroatoms. The minimum Gasteiger partial charge on any atom is -0.385 e. The second kappa shape index (κ2) is 7.63. The summed E-state index contributed by atoms with van der Waals surface area (Å²) in [6, 6.07) is 0. The number of nitrogens with zero attached hydrogens (tertiary/aromatic N) is 2. The molecule has 0 aliphatic carbocycles. The van der Waals surface area contributed by atoms with Gasteiger partial charge in [-0.15, -0.1) is 11.3 Å². The molecule has 0 amide bonds. The monoisotopic (exact) mass is 257 g/mol. The lowest BCUT2D eigenvalue weighted by Crippen LogP contribution is -2.19. The number of methoxy groups -OCH3 is 1. The second-order valence-corrected chi connectivity index (χ2v) is 5.08. The molecule has 0 unspecified atom stereocenters. The lowest BCUT2D eigenvalue weighted by atomic mass is 10.3. The molecule has 0 fully saturated rings. The molecule has 0 saturated heterocycles. The summed E-state index contributed by atoms with van der Waals surface area (Å²) >= 11 is 1.79. The fourth-order valence-corrected chi connectivity index (χ4v) is 2.80. The third-order valence-corrected chi connectivity index (χ3v) is 3.82. The van der Waals surface area contributed by atoms with Crippen LogP contribution in [-0.2, 0) is 17.7 Å². The van der Waals surface area contributed by atoms with Crippen LogP contribution in [-0.4, -0.2) is 39.3 Å². The van der Waals surface area contributed by atoms with Crippen LogP contribution in [0.3, 0.4) is 0 Å². The van der Waals surface area contributed by atoms with Gasteiger partial charge in [0.2, 0.25) is 0 Å². The molecule has 4 nitrogen and oxygen atoms in total. The molecule has 0 bridgehead atoms. The molecule has 1 rings (SSSR count). The first-order valence-corrected chi connectivity index (χ1v) is 6.87. The zero-order valence-electron chi connectivity index (χ0n) is 11.2. The topological polar surface area (TPSA) is 37.4 Å². The maximum absolute atomic E-state index is 5.06. The van der Waals surface area contributed by atoms with Gasteiger partial charge in [0.05, 0.1) is 5.69 Å². The van der Waals surface area contributed by atoms with E-state index in [0.29, 0.717) is 0 Å².